The van der Waals surface area contributed by atoms with Crippen LogP contribution in [-0.4, -0.2) is 24.7 Å². The summed E-state index contributed by atoms with van der Waals surface area (Å²) in [6.07, 6.45) is -0.278. The van der Waals surface area contributed by atoms with Crippen LogP contribution in [0, 0.1) is 0 Å². The van der Waals surface area contributed by atoms with Crippen molar-refractivity contribution in [2.75, 3.05) is 12.6 Å². The third-order valence-corrected chi connectivity index (χ3v) is 4.03. The Bertz CT molecular complexity index is 707. The van der Waals surface area contributed by atoms with Crippen LogP contribution >= 0.6 is 23.2 Å². The van der Waals surface area contributed by atoms with E-state index in [1.54, 1.807) is 24.3 Å². The van der Waals surface area contributed by atoms with E-state index in [1.807, 2.05) is 30.3 Å². The first kappa shape index (κ1) is 20.1. The lowest BCUT2D eigenvalue weighted by atomic mass is 9.96. The van der Waals surface area contributed by atoms with E-state index in [9.17, 15) is 9.59 Å². The van der Waals surface area contributed by atoms with Gasteiger partial charge in [-0.15, -0.1) is 0 Å². The number of alkyl carbamates (subject to hydrolysis) is 1. The molecule has 138 valence electrons. The van der Waals surface area contributed by atoms with Crippen molar-refractivity contribution in [1.29, 1.82) is 0 Å². The average molecular weight is 396 g/mol. The van der Waals surface area contributed by atoms with E-state index in [4.69, 9.17) is 27.9 Å². The van der Waals surface area contributed by atoms with E-state index in [0.29, 0.717) is 11.4 Å². The molecule has 0 aliphatic carbocycles. The number of alkyl halides is 1. The molecule has 1 atom stereocenters. The third kappa shape index (κ3) is 6.58. The van der Waals surface area contributed by atoms with Gasteiger partial charge in [0, 0.05) is 11.6 Å². The minimum atomic E-state index is -0.632. The molecule has 0 radical (unpaired) electrons. The van der Waals surface area contributed by atoms with Crippen molar-refractivity contribution < 1.29 is 19.1 Å². The SMILES string of the molecule is O=C(NCCC(C(=O)OCc1ccccc1)c1ccc(Cl)cc1)OCCl. The highest BCUT2D eigenvalue weighted by atomic mass is 35.5. The molecule has 0 spiro atoms. The monoisotopic (exact) mass is 395 g/mol. The number of hydrogen-bond acceptors (Lipinski definition) is 4. The molecule has 0 aromatic heterocycles. The second-order valence-corrected chi connectivity index (χ2v) is 6.11. The smallest absolute Gasteiger partial charge is 0.408 e. The first-order valence-electron chi connectivity index (χ1n) is 8.02. The number of hydrogen-bond donors (Lipinski definition) is 1. The van der Waals surface area contributed by atoms with Crippen LogP contribution in [0.25, 0.3) is 0 Å². The van der Waals surface area contributed by atoms with Crippen LogP contribution in [0.5, 0.6) is 0 Å². The molecule has 0 fully saturated rings. The zero-order valence-electron chi connectivity index (χ0n) is 14.0. The van der Waals surface area contributed by atoms with Crippen molar-refractivity contribution in [2.24, 2.45) is 0 Å². The Hall–Kier alpha value is -2.24. The maximum absolute atomic E-state index is 12.6. The van der Waals surface area contributed by atoms with Crippen LogP contribution in [0.2, 0.25) is 5.02 Å². The van der Waals surface area contributed by atoms with Crippen LogP contribution in [0.15, 0.2) is 54.6 Å². The van der Waals surface area contributed by atoms with Crippen molar-refractivity contribution >= 4 is 35.3 Å². The normalized spacial score (nSPS) is 11.5. The molecule has 2 aromatic carbocycles. The standard InChI is InChI=1S/C19H19Cl2NO4/c20-13-26-19(24)22-11-10-17(15-6-8-16(21)9-7-15)18(23)25-12-14-4-2-1-3-5-14/h1-9,17H,10-13H2,(H,22,24). The first-order chi connectivity index (χ1) is 12.6. The van der Waals surface area contributed by atoms with Crippen molar-refractivity contribution in [2.45, 2.75) is 18.9 Å². The van der Waals surface area contributed by atoms with Crippen LogP contribution < -0.4 is 5.32 Å². The van der Waals surface area contributed by atoms with Gasteiger partial charge < -0.3 is 14.8 Å². The van der Waals surface area contributed by atoms with Gasteiger partial charge in [0.05, 0.1) is 5.92 Å². The Morgan fingerprint density at radius 3 is 2.35 bits per heavy atom. The summed E-state index contributed by atoms with van der Waals surface area (Å²) in [6, 6.07) is 16.2. The fourth-order valence-electron chi connectivity index (χ4n) is 2.36. The quantitative estimate of drug-likeness (QED) is 0.528. The number of rotatable bonds is 8. The summed E-state index contributed by atoms with van der Waals surface area (Å²) in [4.78, 5) is 23.9. The fourth-order valence-corrected chi connectivity index (χ4v) is 2.59. The summed E-state index contributed by atoms with van der Waals surface area (Å²) in [5.41, 5.74) is 1.67. The van der Waals surface area contributed by atoms with E-state index in [-0.39, 0.29) is 25.2 Å². The molecule has 1 amide bonds. The molecule has 0 saturated heterocycles. The van der Waals surface area contributed by atoms with Gasteiger partial charge in [-0.3, -0.25) is 4.79 Å². The van der Waals surface area contributed by atoms with Crippen molar-refractivity contribution in [3.8, 4) is 0 Å². The number of benzene rings is 2. The predicted octanol–water partition coefficient (Wildman–Crippen LogP) is 4.48. The number of carbonyl (C=O) groups excluding carboxylic acids is 2. The molecule has 0 heterocycles. The molecule has 1 N–H and O–H groups in total. The number of nitrogens with one attached hydrogen (secondary N) is 1. The Morgan fingerprint density at radius 2 is 1.69 bits per heavy atom. The number of halogens is 2. The van der Waals surface area contributed by atoms with Gasteiger partial charge in [-0.2, -0.15) is 0 Å². The predicted molar refractivity (Wildman–Crippen MR) is 100 cm³/mol. The van der Waals surface area contributed by atoms with E-state index in [0.717, 1.165) is 11.1 Å². The van der Waals surface area contributed by atoms with Crippen LogP contribution in [0.4, 0.5) is 4.79 Å². The molecule has 2 rings (SSSR count). The largest absolute Gasteiger partial charge is 0.460 e. The van der Waals surface area contributed by atoms with Gasteiger partial charge in [-0.05, 0) is 29.7 Å². The zero-order valence-corrected chi connectivity index (χ0v) is 15.5. The van der Waals surface area contributed by atoms with Crippen LogP contribution in [-0.2, 0) is 20.9 Å². The molecule has 0 bridgehead atoms. The topological polar surface area (TPSA) is 64.6 Å². The lowest BCUT2D eigenvalue weighted by molar-refractivity contribution is -0.147. The highest BCUT2D eigenvalue weighted by Gasteiger charge is 2.22. The Morgan fingerprint density at radius 1 is 1.00 bits per heavy atom. The minimum absolute atomic E-state index is 0.186. The van der Waals surface area contributed by atoms with Gasteiger partial charge in [0.1, 0.15) is 6.61 Å². The zero-order chi connectivity index (χ0) is 18.8. The Kier molecular flexibility index (Phi) is 8.25. The lowest BCUT2D eigenvalue weighted by Crippen LogP contribution is -2.28. The van der Waals surface area contributed by atoms with Crippen LogP contribution in [0.3, 0.4) is 0 Å². The van der Waals surface area contributed by atoms with Gasteiger partial charge in [0.25, 0.3) is 0 Å². The molecule has 7 heteroatoms. The number of carbonyl (C=O) groups is 2. The second kappa shape index (κ2) is 10.7. The Labute approximate surface area is 162 Å². The second-order valence-electron chi connectivity index (χ2n) is 5.45. The molecular formula is C19H19Cl2NO4. The van der Waals surface area contributed by atoms with Crippen molar-refractivity contribution in [3.05, 3.63) is 70.7 Å². The molecule has 26 heavy (non-hydrogen) atoms. The lowest BCUT2D eigenvalue weighted by Gasteiger charge is -2.17. The fraction of sp³-hybridized carbons (Fsp3) is 0.263. The van der Waals surface area contributed by atoms with E-state index in [2.05, 4.69) is 10.1 Å². The number of amides is 1. The Balaban J connectivity index is 2.00. The molecule has 2 aromatic rings. The van der Waals surface area contributed by atoms with E-state index >= 15 is 0 Å². The average Bonchev–Trinajstić information content (AvgIpc) is 2.65. The van der Waals surface area contributed by atoms with E-state index in [1.165, 1.54) is 0 Å². The minimum Gasteiger partial charge on any atom is -0.460 e. The van der Waals surface area contributed by atoms with Gasteiger partial charge in [0.2, 0.25) is 0 Å². The summed E-state index contributed by atoms with van der Waals surface area (Å²) in [6.45, 7) is 0.426. The molecule has 5 nitrogen and oxygen atoms in total. The first-order valence-corrected chi connectivity index (χ1v) is 8.94. The summed E-state index contributed by atoms with van der Waals surface area (Å²) in [7, 11) is 0. The molecule has 1 unspecified atom stereocenters. The highest BCUT2D eigenvalue weighted by Crippen LogP contribution is 2.23. The van der Waals surface area contributed by atoms with Gasteiger partial charge in [0.15, 0.2) is 6.07 Å². The number of ether oxygens (including phenoxy) is 2. The summed E-state index contributed by atoms with van der Waals surface area (Å²) in [5.74, 6) is -0.907. The van der Waals surface area contributed by atoms with Crippen molar-refractivity contribution in [3.63, 3.8) is 0 Å². The highest BCUT2D eigenvalue weighted by molar-refractivity contribution is 6.30. The third-order valence-electron chi connectivity index (χ3n) is 3.67. The van der Waals surface area contributed by atoms with Gasteiger partial charge in [-0.1, -0.05) is 65.7 Å². The molecule has 0 aliphatic heterocycles. The summed E-state index contributed by atoms with van der Waals surface area (Å²) in [5, 5.41) is 3.12. The van der Waals surface area contributed by atoms with Gasteiger partial charge >= 0.3 is 12.1 Å². The number of esters is 1. The molecule has 0 aliphatic rings. The van der Waals surface area contributed by atoms with E-state index < -0.39 is 12.0 Å². The molecule has 0 saturated carbocycles. The van der Waals surface area contributed by atoms with Gasteiger partial charge in [-0.25, -0.2) is 4.79 Å². The van der Waals surface area contributed by atoms with Crippen LogP contribution in [0.1, 0.15) is 23.5 Å². The van der Waals surface area contributed by atoms with Crippen molar-refractivity contribution in [1.82, 2.24) is 5.32 Å². The molecular weight excluding hydrogens is 377 g/mol. The maximum atomic E-state index is 12.6. The summed E-state index contributed by atoms with van der Waals surface area (Å²) < 4.78 is 10.0. The summed E-state index contributed by atoms with van der Waals surface area (Å²) >= 11 is 11.2. The maximum Gasteiger partial charge on any atom is 0.408 e.